The zero-order chi connectivity index (χ0) is 37.7. The van der Waals surface area contributed by atoms with Gasteiger partial charge < -0.3 is 0 Å². The molecule has 5 nitrogen and oxygen atoms in total. The molecule has 0 unspecified atom stereocenters. The van der Waals surface area contributed by atoms with Gasteiger partial charge in [-0.25, -0.2) is 0 Å². The van der Waals surface area contributed by atoms with Crippen molar-refractivity contribution < 1.29 is 0 Å². The van der Waals surface area contributed by atoms with E-state index >= 15 is 0 Å². The van der Waals surface area contributed by atoms with Crippen molar-refractivity contribution in [2.75, 3.05) is 0 Å². The molecular formula is C51H33N5. The summed E-state index contributed by atoms with van der Waals surface area (Å²) in [5.41, 5.74) is 15.9. The molecule has 0 aliphatic rings. The van der Waals surface area contributed by atoms with E-state index in [4.69, 9.17) is 0 Å². The fraction of sp³-hybridized carbons (Fsp3) is 0. The number of nitriles is 1. The van der Waals surface area contributed by atoms with Crippen LogP contribution in [0.3, 0.4) is 0 Å². The van der Waals surface area contributed by atoms with Crippen LogP contribution in [-0.2, 0) is 0 Å². The first-order chi connectivity index (χ1) is 27.7. The van der Waals surface area contributed by atoms with E-state index in [2.05, 4.69) is 117 Å². The molecule has 0 radical (unpaired) electrons. The van der Waals surface area contributed by atoms with E-state index in [0.29, 0.717) is 5.56 Å². The predicted octanol–water partition coefficient (Wildman–Crippen LogP) is 12.5. The maximum Gasteiger partial charge on any atom is 0.0992 e. The van der Waals surface area contributed by atoms with Gasteiger partial charge in [-0.15, -0.1) is 20.4 Å². The molecule has 0 amide bonds. The van der Waals surface area contributed by atoms with Gasteiger partial charge in [-0.3, -0.25) is 0 Å². The van der Waals surface area contributed by atoms with E-state index in [1.165, 1.54) is 11.1 Å². The lowest BCUT2D eigenvalue weighted by atomic mass is 9.90. The first kappa shape index (κ1) is 34.0. The first-order valence-electron chi connectivity index (χ1n) is 18.4. The highest BCUT2D eigenvalue weighted by Gasteiger charge is 2.15. The third-order valence-electron chi connectivity index (χ3n) is 9.99. The van der Waals surface area contributed by atoms with Gasteiger partial charge in [-0.1, -0.05) is 158 Å². The van der Waals surface area contributed by atoms with Crippen LogP contribution in [0.1, 0.15) is 5.56 Å². The van der Waals surface area contributed by atoms with E-state index in [9.17, 15) is 5.26 Å². The summed E-state index contributed by atoms with van der Waals surface area (Å²) in [5.74, 6) is 0. The lowest BCUT2D eigenvalue weighted by Crippen LogP contribution is -1.95. The largest absolute Gasteiger partial charge is 0.192 e. The molecule has 7 aromatic carbocycles. The molecule has 56 heavy (non-hydrogen) atoms. The quantitative estimate of drug-likeness (QED) is 0.157. The molecule has 2 heterocycles. The summed E-state index contributed by atoms with van der Waals surface area (Å²) in [7, 11) is 0. The van der Waals surface area contributed by atoms with Crippen molar-refractivity contribution in [3.8, 4) is 95.6 Å². The molecule has 0 N–H and O–H groups in total. The van der Waals surface area contributed by atoms with E-state index in [-0.39, 0.29) is 0 Å². The van der Waals surface area contributed by atoms with Crippen molar-refractivity contribution in [3.05, 3.63) is 206 Å². The van der Waals surface area contributed by atoms with Gasteiger partial charge in [-0.05, 0) is 87.0 Å². The average molecular weight is 716 g/mol. The molecule has 0 saturated heterocycles. The third kappa shape index (κ3) is 6.99. The summed E-state index contributed by atoms with van der Waals surface area (Å²) >= 11 is 0. The fourth-order valence-corrected chi connectivity index (χ4v) is 7.11. The Morgan fingerprint density at radius 2 is 0.589 bits per heavy atom. The molecule has 0 aliphatic heterocycles. The summed E-state index contributed by atoms with van der Waals surface area (Å²) < 4.78 is 0. The van der Waals surface area contributed by atoms with Gasteiger partial charge in [0.2, 0.25) is 0 Å². The Hall–Kier alpha value is -7.81. The monoisotopic (exact) mass is 715 g/mol. The summed E-state index contributed by atoms with van der Waals surface area (Å²) in [5, 5.41) is 28.8. The molecule has 0 aliphatic carbocycles. The highest BCUT2D eigenvalue weighted by molar-refractivity contribution is 5.88. The zero-order valence-corrected chi connectivity index (χ0v) is 30.3. The van der Waals surface area contributed by atoms with Gasteiger partial charge in [0.15, 0.2) is 0 Å². The van der Waals surface area contributed by atoms with E-state index in [0.717, 1.165) is 78.4 Å². The summed E-state index contributed by atoms with van der Waals surface area (Å²) in [6.45, 7) is 0. The molecular weight excluding hydrogens is 683 g/mol. The van der Waals surface area contributed by atoms with Gasteiger partial charge in [0.05, 0.1) is 34.4 Å². The van der Waals surface area contributed by atoms with Gasteiger partial charge in [0, 0.05) is 22.3 Å². The number of hydrogen-bond donors (Lipinski definition) is 0. The predicted molar refractivity (Wildman–Crippen MR) is 226 cm³/mol. The molecule has 0 atom stereocenters. The maximum atomic E-state index is 10.2. The van der Waals surface area contributed by atoms with E-state index in [1.807, 2.05) is 109 Å². The molecule has 0 fully saturated rings. The highest BCUT2D eigenvalue weighted by Crippen LogP contribution is 2.38. The second-order valence-corrected chi connectivity index (χ2v) is 13.5. The summed E-state index contributed by atoms with van der Waals surface area (Å²) in [6.07, 6.45) is 0. The molecule has 262 valence electrons. The molecule has 5 heteroatoms. The Bertz CT molecular complexity index is 2620. The molecule has 2 aromatic heterocycles. The van der Waals surface area contributed by atoms with Gasteiger partial charge in [-0.2, -0.15) is 5.26 Å². The Balaban J connectivity index is 1.01. The van der Waals surface area contributed by atoms with Crippen LogP contribution in [0.5, 0.6) is 0 Å². The van der Waals surface area contributed by atoms with Crippen LogP contribution < -0.4 is 0 Å². The first-order valence-corrected chi connectivity index (χ1v) is 18.4. The molecule has 9 rings (SSSR count). The lowest BCUT2D eigenvalue weighted by molar-refractivity contribution is 1.04. The van der Waals surface area contributed by atoms with Crippen molar-refractivity contribution >= 4 is 0 Å². The van der Waals surface area contributed by atoms with Crippen molar-refractivity contribution in [2.45, 2.75) is 0 Å². The second-order valence-electron chi connectivity index (χ2n) is 13.5. The molecule has 9 aromatic rings. The zero-order valence-electron chi connectivity index (χ0n) is 30.3. The van der Waals surface area contributed by atoms with Crippen molar-refractivity contribution in [3.63, 3.8) is 0 Å². The lowest BCUT2D eigenvalue weighted by Gasteiger charge is -2.14. The van der Waals surface area contributed by atoms with Gasteiger partial charge >= 0.3 is 0 Å². The SMILES string of the molecule is N#Cc1cc(-c2ccccc2-c2ccc(-c3ccc(-c4ccccc4)cc3)nn2)cc(-c2ccccc2-c2ccc(-c3ccc(-c4ccccc4)cc3)nn2)c1. The third-order valence-corrected chi connectivity index (χ3v) is 9.99. The minimum absolute atomic E-state index is 0.558. The van der Waals surface area contributed by atoms with E-state index < -0.39 is 0 Å². The van der Waals surface area contributed by atoms with Crippen LogP contribution in [0, 0.1) is 11.3 Å². The number of hydrogen-bond acceptors (Lipinski definition) is 5. The second kappa shape index (κ2) is 15.3. The normalized spacial score (nSPS) is 10.8. The van der Waals surface area contributed by atoms with Crippen molar-refractivity contribution in [1.82, 2.24) is 20.4 Å². The summed E-state index contributed by atoms with van der Waals surface area (Å²) in [6, 6.07) is 70.1. The maximum absolute atomic E-state index is 10.2. The average Bonchev–Trinajstić information content (AvgIpc) is 3.29. The van der Waals surface area contributed by atoms with Crippen LogP contribution in [0.15, 0.2) is 200 Å². The smallest absolute Gasteiger partial charge is 0.0992 e. The number of nitrogens with zero attached hydrogens (tertiary/aromatic N) is 5. The standard InChI is InChI=1S/C51H33N5/c52-34-35-31-42(44-15-7-9-17-46(44)50-29-27-48(53-55-50)40-23-19-38(20-24-40)36-11-3-1-4-12-36)33-43(32-35)45-16-8-10-18-47(45)51-30-28-49(54-56-51)41-25-21-39(22-26-41)37-13-5-2-6-14-37/h1-33H. The van der Waals surface area contributed by atoms with Crippen LogP contribution in [0.4, 0.5) is 0 Å². The Labute approximate surface area is 325 Å². The van der Waals surface area contributed by atoms with Crippen LogP contribution >= 0.6 is 0 Å². The van der Waals surface area contributed by atoms with E-state index in [1.54, 1.807) is 0 Å². The van der Waals surface area contributed by atoms with Crippen LogP contribution in [0.25, 0.3) is 89.5 Å². The molecule has 0 bridgehead atoms. The van der Waals surface area contributed by atoms with Crippen molar-refractivity contribution in [1.29, 1.82) is 5.26 Å². The topological polar surface area (TPSA) is 75.3 Å². The van der Waals surface area contributed by atoms with Gasteiger partial charge in [0.25, 0.3) is 0 Å². The molecule has 0 spiro atoms. The van der Waals surface area contributed by atoms with Crippen LogP contribution in [-0.4, -0.2) is 20.4 Å². The minimum Gasteiger partial charge on any atom is -0.192 e. The molecule has 0 saturated carbocycles. The Morgan fingerprint density at radius 1 is 0.268 bits per heavy atom. The number of benzene rings is 7. The summed E-state index contributed by atoms with van der Waals surface area (Å²) in [4.78, 5) is 0. The highest BCUT2D eigenvalue weighted by atomic mass is 15.1. The van der Waals surface area contributed by atoms with Crippen LogP contribution in [0.2, 0.25) is 0 Å². The van der Waals surface area contributed by atoms with Gasteiger partial charge in [0.1, 0.15) is 0 Å². The Morgan fingerprint density at radius 3 is 0.964 bits per heavy atom. The minimum atomic E-state index is 0.558. The van der Waals surface area contributed by atoms with Crippen molar-refractivity contribution in [2.24, 2.45) is 0 Å². The Kier molecular flexibility index (Phi) is 9.27. The fourth-order valence-electron chi connectivity index (χ4n) is 7.11. The number of aromatic nitrogens is 4. The number of rotatable bonds is 8.